The van der Waals surface area contributed by atoms with Crippen LogP contribution in [0.5, 0.6) is 0 Å². The number of ketones is 1. The highest BCUT2D eigenvalue weighted by molar-refractivity contribution is 5.88. The minimum absolute atomic E-state index is 0.0356. The molecule has 88 valence electrons. The van der Waals surface area contributed by atoms with E-state index in [0.717, 1.165) is 19.3 Å². The first-order chi connectivity index (χ1) is 7.57. The first-order valence-electron chi connectivity index (χ1n) is 6.13. The molecule has 0 aromatic rings. The minimum Gasteiger partial charge on any atom is -0.344 e. The second-order valence-electron chi connectivity index (χ2n) is 5.51. The standard InChI is InChI=1S/C13H18O3/c1-13(2)15-10-7-8-5-3-4-6-9(8)11(14)12(10)16-13/h3,5,8-10,12H,4,6-7H2,1-2H3/t8-,9-,10-,12+/m0/s1. The van der Waals surface area contributed by atoms with E-state index in [1.807, 2.05) is 13.8 Å². The minimum atomic E-state index is -0.595. The molecule has 0 aromatic carbocycles. The van der Waals surface area contributed by atoms with Crippen LogP contribution in [0, 0.1) is 11.8 Å². The molecule has 0 radical (unpaired) electrons. The SMILES string of the molecule is CC1(C)O[C@H]2C[C@@H]3C=CCC[C@@H]3C(=O)[C@@H]2O1. The summed E-state index contributed by atoms with van der Waals surface area (Å²) in [6.07, 6.45) is 6.96. The second-order valence-corrected chi connectivity index (χ2v) is 5.51. The van der Waals surface area contributed by atoms with E-state index in [-0.39, 0.29) is 23.9 Å². The molecule has 1 saturated heterocycles. The number of carbonyl (C=O) groups excluding carboxylic acids is 1. The number of fused-ring (bicyclic) bond motifs is 2. The summed E-state index contributed by atoms with van der Waals surface area (Å²) in [5.41, 5.74) is 0. The summed E-state index contributed by atoms with van der Waals surface area (Å²) in [6.45, 7) is 3.77. The monoisotopic (exact) mass is 222 g/mol. The van der Waals surface area contributed by atoms with Crippen molar-refractivity contribution in [1.82, 2.24) is 0 Å². The summed E-state index contributed by atoms with van der Waals surface area (Å²) in [5.74, 6) is 0.210. The van der Waals surface area contributed by atoms with Crippen LogP contribution in [0.1, 0.15) is 33.1 Å². The number of hydrogen-bond acceptors (Lipinski definition) is 3. The Hall–Kier alpha value is -0.670. The van der Waals surface area contributed by atoms with Crippen LogP contribution in [-0.4, -0.2) is 23.8 Å². The van der Waals surface area contributed by atoms with Gasteiger partial charge >= 0.3 is 0 Å². The Morgan fingerprint density at radius 3 is 3.00 bits per heavy atom. The molecule has 1 heterocycles. The van der Waals surface area contributed by atoms with Crippen LogP contribution in [0.3, 0.4) is 0 Å². The van der Waals surface area contributed by atoms with E-state index in [1.54, 1.807) is 0 Å². The first kappa shape index (κ1) is 10.5. The van der Waals surface area contributed by atoms with Crippen molar-refractivity contribution in [3.8, 4) is 0 Å². The maximum Gasteiger partial charge on any atom is 0.168 e. The summed E-state index contributed by atoms with van der Waals surface area (Å²) < 4.78 is 11.5. The quantitative estimate of drug-likeness (QED) is 0.588. The third-order valence-electron chi connectivity index (χ3n) is 3.88. The molecule has 0 spiro atoms. The third kappa shape index (κ3) is 1.54. The number of carbonyl (C=O) groups is 1. The Bertz CT molecular complexity index is 345. The van der Waals surface area contributed by atoms with Crippen LogP contribution in [0.25, 0.3) is 0 Å². The van der Waals surface area contributed by atoms with Crippen molar-refractivity contribution in [2.45, 2.75) is 51.1 Å². The molecule has 0 amide bonds. The fourth-order valence-corrected chi connectivity index (χ4v) is 3.22. The van der Waals surface area contributed by atoms with Crippen molar-refractivity contribution in [1.29, 1.82) is 0 Å². The van der Waals surface area contributed by atoms with E-state index in [9.17, 15) is 4.79 Å². The maximum absolute atomic E-state index is 12.3. The molecule has 3 aliphatic rings. The predicted molar refractivity (Wildman–Crippen MR) is 58.8 cm³/mol. The molecular formula is C13H18O3. The van der Waals surface area contributed by atoms with Gasteiger partial charge in [0.1, 0.15) is 6.10 Å². The van der Waals surface area contributed by atoms with Gasteiger partial charge in [0.2, 0.25) is 0 Å². The highest BCUT2D eigenvalue weighted by Gasteiger charge is 2.52. The Balaban J connectivity index is 1.86. The van der Waals surface area contributed by atoms with Gasteiger partial charge in [-0.2, -0.15) is 0 Å². The molecule has 0 bridgehead atoms. The summed E-state index contributed by atoms with van der Waals surface area (Å²) in [4.78, 5) is 12.3. The average Bonchev–Trinajstić information content (AvgIpc) is 2.53. The summed E-state index contributed by atoms with van der Waals surface area (Å²) in [7, 11) is 0. The van der Waals surface area contributed by atoms with E-state index in [0.29, 0.717) is 5.92 Å². The molecular weight excluding hydrogens is 204 g/mol. The van der Waals surface area contributed by atoms with Crippen LogP contribution in [0.15, 0.2) is 12.2 Å². The van der Waals surface area contributed by atoms with Gasteiger partial charge in [0.05, 0.1) is 6.10 Å². The normalized spacial score (nSPS) is 45.2. The molecule has 1 saturated carbocycles. The van der Waals surface area contributed by atoms with Gasteiger partial charge in [-0.15, -0.1) is 0 Å². The van der Waals surface area contributed by atoms with Gasteiger partial charge in [-0.3, -0.25) is 4.79 Å². The van der Waals surface area contributed by atoms with Crippen LogP contribution >= 0.6 is 0 Å². The van der Waals surface area contributed by atoms with Gasteiger partial charge in [0.15, 0.2) is 11.6 Å². The van der Waals surface area contributed by atoms with E-state index >= 15 is 0 Å². The predicted octanol–water partition coefficient (Wildman–Crippen LogP) is 2.06. The molecule has 3 rings (SSSR count). The zero-order valence-corrected chi connectivity index (χ0v) is 9.81. The Morgan fingerprint density at radius 1 is 1.38 bits per heavy atom. The Kier molecular flexibility index (Phi) is 2.23. The molecule has 1 aliphatic heterocycles. The van der Waals surface area contributed by atoms with Crippen molar-refractivity contribution >= 4 is 5.78 Å². The molecule has 0 unspecified atom stereocenters. The van der Waals surface area contributed by atoms with Gasteiger partial charge < -0.3 is 9.47 Å². The van der Waals surface area contributed by atoms with Crippen LogP contribution < -0.4 is 0 Å². The van der Waals surface area contributed by atoms with E-state index in [1.165, 1.54) is 0 Å². The van der Waals surface area contributed by atoms with Gasteiger partial charge in [-0.05, 0) is 39.0 Å². The zero-order valence-electron chi connectivity index (χ0n) is 9.81. The highest BCUT2D eigenvalue weighted by atomic mass is 16.8. The molecule has 2 aliphatic carbocycles. The summed E-state index contributed by atoms with van der Waals surface area (Å²) in [6, 6.07) is 0. The molecule has 3 nitrogen and oxygen atoms in total. The van der Waals surface area contributed by atoms with Crippen LogP contribution in [0.4, 0.5) is 0 Å². The molecule has 3 heteroatoms. The number of rotatable bonds is 0. The first-order valence-corrected chi connectivity index (χ1v) is 6.13. The average molecular weight is 222 g/mol. The van der Waals surface area contributed by atoms with E-state index in [2.05, 4.69) is 12.2 Å². The fourth-order valence-electron chi connectivity index (χ4n) is 3.22. The van der Waals surface area contributed by atoms with Crippen molar-refractivity contribution < 1.29 is 14.3 Å². The Morgan fingerprint density at radius 2 is 2.19 bits per heavy atom. The Labute approximate surface area is 95.8 Å². The zero-order chi connectivity index (χ0) is 11.3. The van der Waals surface area contributed by atoms with Gasteiger partial charge in [-0.1, -0.05) is 12.2 Å². The van der Waals surface area contributed by atoms with Crippen LogP contribution in [0.2, 0.25) is 0 Å². The van der Waals surface area contributed by atoms with Gasteiger partial charge in [0.25, 0.3) is 0 Å². The highest BCUT2D eigenvalue weighted by Crippen LogP contribution is 2.42. The molecule has 0 N–H and O–H groups in total. The number of allylic oxidation sites excluding steroid dienone is 2. The van der Waals surface area contributed by atoms with Crippen molar-refractivity contribution in [2.75, 3.05) is 0 Å². The molecule has 2 fully saturated rings. The number of hydrogen-bond donors (Lipinski definition) is 0. The van der Waals surface area contributed by atoms with Crippen molar-refractivity contribution in [2.24, 2.45) is 11.8 Å². The lowest BCUT2D eigenvalue weighted by Gasteiger charge is -2.35. The lowest BCUT2D eigenvalue weighted by molar-refractivity contribution is -0.155. The molecule has 16 heavy (non-hydrogen) atoms. The van der Waals surface area contributed by atoms with Crippen molar-refractivity contribution in [3.05, 3.63) is 12.2 Å². The summed E-state index contributed by atoms with van der Waals surface area (Å²) in [5, 5.41) is 0. The lowest BCUT2D eigenvalue weighted by atomic mass is 9.71. The van der Waals surface area contributed by atoms with Gasteiger partial charge in [0, 0.05) is 5.92 Å². The maximum atomic E-state index is 12.3. The number of ether oxygens (including phenoxy) is 2. The van der Waals surface area contributed by atoms with E-state index < -0.39 is 5.79 Å². The topological polar surface area (TPSA) is 35.5 Å². The second kappa shape index (κ2) is 3.41. The third-order valence-corrected chi connectivity index (χ3v) is 3.88. The molecule has 0 aromatic heterocycles. The molecule has 4 atom stereocenters. The number of Topliss-reactive ketones (excluding diaryl/α,β-unsaturated/α-hetero) is 1. The van der Waals surface area contributed by atoms with Crippen LogP contribution in [-0.2, 0) is 14.3 Å². The lowest BCUT2D eigenvalue weighted by Crippen LogP contribution is -2.46. The summed E-state index contributed by atoms with van der Waals surface area (Å²) >= 11 is 0. The fraction of sp³-hybridized carbons (Fsp3) is 0.769. The smallest absolute Gasteiger partial charge is 0.168 e. The largest absolute Gasteiger partial charge is 0.344 e. The van der Waals surface area contributed by atoms with E-state index in [4.69, 9.17) is 9.47 Å². The van der Waals surface area contributed by atoms with Gasteiger partial charge in [-0.25, -0.2) is 0 Å². The van der Waals surface area contributed by atoms with Crippen molar-refractivity contribution in [3.63, 3.8) is 0 Å².